The van der Waals surface area contributed by atoms with Crippen molar-refractivity contribution in [3.8, 4) is 0 Å². The third-order valence-corrected chi connectivity index (χ3v) is 5.48. The Labute approximate surface area is 187 Å². The highest BCUT2D eigenvalue weighted by Crippen LogP contribution is 2.15. The van der Waals surface area contributed by atoms with Crippen molar-refractivity contribution in [2.24, 2.45) is 0 Å². The van der Waals surface area contributed by atoms with E-state index in [1.54, 1.807) is 4.57 Å². The second-order valence-electron chi connectivity index (χ2n) is 8.12. The normalized spacial score (nSPS) is 11.2. The van der Waals surface area contributed by atoms with Crippen LogP contribution in [0.25, 0.3) is 11.2 Å². The van der Waals surface area contributed by atoms with Crippen LogP contribution in [-0.2, 0) is 35.6 Å². The summed E-state index contributed by atoms with van der Waals surface area (Å²) in [6.07, 6.45) is 4.30. The number of hydrogen-bond donors (Lipinski definition) is 1. The number of aromatic amines is 1. The second-order valence-corrected chi connectivity index (χ2v) is 8.12. The number of nitrogens with one attached hydrogen (secondary N) is 1. The Balaban J connectivity index is 1.72. The molecule has 3 aromatic rings. The molecule has 0 bridgehead atoms. The molecule has 8 nitrogen and oxygen atoms in total. The van der Waals surface area contributed by atoms with Gasteiger partial charge in [0.15, 0.2) is 11.2 Å². The first-order chi connectivity index (χ1) is 15.4. The van der Waals surface area contributed by atoms with Crippen LogP contribution in [0, 0.1) is 6.92 Å². The smallest absolute Gasteiger partial charge is 0.330 e. The quantitative estimate of drug-likeness (QED) is 0.460. The first-order valence-corrected chi connectivity index (χ1v) is 11.4. The lowest BCUT2D eigenvalue weighted by molar-refractivity contribution is -0.145. The average molecular weight is 441 g/mol. The average Bonchev–Trinajstić information content (AvgIpc) is 3.12. The minimum Gasteiger partial charge on any atom is -0.458 e. The number of esters is 1. The highest BCUT2D eigenvalue weighted by molar-refractivity contribution is 5.71. The maximum Gasteiger partial charge on any atom is 0.330 e. The molecule has 172 valence electrons. The summed E-state index contributed by atoms with van der Waals surface area (Å²) in [6.45, 7) is 7.07. The van der Waals surface area contributed by atoms with E-state index in [1.807, 2.05) is 20.8 Å². The molecule has 0 saturated heterocycles. The lowest BCUT2D eigenvalue weighted by atomic mass is 10.1. The Kier molecular flexibility index (Phi) is 8.03. The molecule has 0 aliphatic carbocycles. The third-order valence-electron chi connectivity index (χ3n) is 5.48. The molecule has 0 fully saturated rings. The minimum absolute atomic E-state index is 0.0283. The molecule has 0 aliphatic rings. The molecular weight excluding hydrogens is 408 g/mol. The van der Waals surface area contributed by atoms with Crippen molar-refractivity contribution in [3.05, 3.63) is 62.1 Å². The Bertz CT molecular complexity index is 1170. The van der Waals surface area contributed by atoms with Gasteiger partial charge in [-0.25, -0.2) is 9.78 Å². The van der Waals surface area contributed by atoms with E-state index in [0.29, 0.717) is 42.9 Å². The number of carbonyl (C=O) groups is 1. The van der Waals surface area contributed by atoms with Crippen LogP contribution in [-0.4, -0.2) is 25.1 Å². The van der Waals surface area contributed by atoms with Crippen LogP contribution in [0.4, 0.5) is 0 Å². The molecule has 0 radical (unpaired) electrons. The number of carbonyl (C=O) groups excluding carboxylic acids is 1. The van der Waals surface area contributed by atoms with E-state index in [9.17, 15) is 14.4 Å². The predicted octanol–water partition coefficient (Wildman–Crippen LogP) is 3.47. The van der Waals surface area contributed by atoms with E-state index < -0.39 is 11.2 Å². The number of ether oxygens (including phenoxy) is 1. The molecule has 0 spiro atoms. The summed E-state index contributed by atoms with van der Waals surface area (Å²) < 4.78 is 8.73. The van der Waals surface area contributed by atoms with Crippen molar-refractivity contribution in [2.75, 3.05) is 0 Å². The van der Waals surface area contributed by atoms with Gasteiger partial charge in [-0.15, -0.1) is 0 Å². The molecule has 0 unspecified atom stereocenters. The van der Waals surface area contributed by atoms with Crippen LogP contribution >= 0.6 is 0 Å². The van der Waals surface area contributed by atoms with Gasteiger partial charge in [-0.3, -0.25) is 19.1 Å². The number of rotatable bonds is 11. The van der Waals surface area contributed by atoms with Crippen molar-refractivity contribution in [3.63, 3.8) is 0 Å². The summed E-state index contributed by atoms with van der Waals surface area (Å²) in [5, 5.41) is 0. The molecule has 1 aromatic carbocycles. The molecule has 2 aromatic heterocycles. The zero-order chi connectivity index (χ0) is 23.1. The van der Waals surface area contributed by atoms with Gasteiger partial charge in [0.1, 0.15) is 12.4 Å². The topological polar surface area (TPSA) is 99.0 Å². The molecule has 0 aliphatic heterocycles. The summed E-state index contributed by atoms with van der Waals surface area (Å²) in [6, 6.07) is 8.27. The van der Waals surface area contributed by atoms with Crippen LogP contribution in [0.5, 0.6) is 0 Å². The number of imidazole rings is 1. The number of benzene rings is 1. The van der Waals surface area contributed by atoms with Gasteiger partial charge >= 0.3 is 11.7 Å². The summed E-state index contributed by atoms with van der Waals surface area (Å²) in [5.74, 6) is 0.180. The van der Waals surface area contributed by atoms with Gasteiger partial charge in [0.25, 0.3) is 5.56 Å². The largest absolute Gasteiger partial charge is 0.458 e. The maximum atomic E-state index is 12.5. The van der Waals surface area contributed by atoms with Gasteiger partial charge in [-0.05, 0) is 38.2 Å². The molecule has 0 saturated carbocycles. The second kappa shape index (κ2) is 10.9. The maximum absolute atomic E-state index is 12.5. The zero-order valence-corrected chi connectivity index (χ0v) is 19.1. The summed E-state index contributed by atoms with van der Waals surface area (Å²) >= 11 is 0. The number of aryl methyl sites for hydroxylation is 4. The molecule has 0 amide bonds. The summed E-state index contributed by atoms with van der Waals surface area (Å²) in [7, 11) is 0. The molecule has 8 heteroatoms. The number of fused-ring (bicyclic) bond motifs is 1. The Morgan fingerprint density at radius 3 is 2.47 bits per heavy atom. The number of aromatic nitrogens is 4. The van der Waals surface area contributed by atoms with E-state index in [-0.39, 0.29) is 12.6 Å². The monoisotopic (exact) mass is 440 g/mol. The first-order valence-electron chi connectivity index (χ1n) is 11.4. The van der Waals surface area contributed by atoms with Crippen LogP contribution < -0.4 is 11.2 Å². The van der Waals surface area contributed by atoms with Crippen molar-refractivity contribution in [1.82, 2.24) is 19.1 Å². The van der Waals surface area contributed by atoms with E-state index in [1.165, 1.54) is 15.7 Å². The van der Waals surface area contributed by atoms with Gasteiger partial charge in [0, 0.05) is 19.5 Å². The number of unbranched alkanes of at least 4 members (excludes halogenated alkanes) is 1. The predicted molar refractivity (Wildman–Crippen MR) is 124 cm³/mol. The van der Waals surface area contributed by atoms with Gasteiger partial charge in [0.05, 0.1) is 0 Å². The number of nitrogens with zero attached hydrogens (tertiary/aromatic N) is 3. The summed E-state index contributed by atoms with van der Waals surface area (Å²) in [4.78, 5) is 44.1. The minimum atomic E-state index is -0.464. The number of H-pyrrole nitrogens is 1. The Hall–Kier alpha value is -3.16. The summed E-state index contributed by atoms with van der Waals surface area (Å²) in [5.41, 5.74) is 2.18. The highest BCUT2D eigenvalue weighted by Gasteiger charge is 2.19. The lowest BCUT2D eigenvalue weighted by Crippen LogP contribution is -2.31. The fraction of sp³-hybridized carbons (Fsp3) is 0.500. The van der Waals surface area contributed by atoms with Crippen LogP contribution in [0.1, 0.15) is 62.9 Å². The molecule has 1 N–H and O–H groups in total. The van der Waals surface area contributed by atoms with Gasteiger partial charge in [0.2, 0.25) is 0 Å². The Morgan fingerprint density at radius 2 is 1.78 bits per heavy atom. The van der Waals surface area contributed by atoms with E-state index in [4.69, 9.17) is 4.74 Å². The van der Waals surface area contributed by atoms with E-state index >= 15 is 0 Å². The SMILES string of the molecule is CCCCn1c(=O)[nH]c(=O)c2c1nc(COC(=O)CCCc1ccc(C)cc1)n2CCC. The molecule has 2 heterocycles. The van der Waals surface area contributed by atoms with E-state index in [0.717, 1.165) is 25.7 Å². The first kappa shape index (κ1) is 23.5. The van der Waals surface area contributed by atoms with Crippen molar-refractivity contribution < 1.29 is 9.53 Å². The fourth-order valence-corrected chi connectivity index (χ4v) is 3.72. The molecular formula is C24H32N4O4. The van der Waals surface area contributed by atoms with Crippen LogP contribution in [0.2, 0.25) is 0 Å². The van der Waals surface area contributed by atoms with Crippen molar-refractivity contribution in [1.29, 1.82) is 0 Å². The van der Waals surface area contributed by atoms with Crippen LogP contribution in [0.15, 0.2) is 33.9 Å². The standard InChI is InChI=1S/C24H32N4O4/c1-4-6-15-28-22-21(23(30)26-24(28)31)27(14-5-2)19(25-22)16-32-20(29)9-7-8-18-12-10-17(3)11-13-18/h10-13H,4-9,14-16H2,1-3H3,(H,26,30,31). The van der Waals surface area contributed by atoms with Crippen molar-refractivity contribution >= 4 is 17.1 Å². The third kappa shape index (κ3) is 5.55. The fourth-order valence-electron chi connectivity index (χ4n) is 3.72. The Morgan fingerprint density at radius 1 is 1.03 bits per heavy atom. The molecule has 32 heavy (non-hydrogen) atoms. The molecule has 0 atom stereocenters. The zero-order valence-electron chi connectivity index (χ0n) is 19.1. The number of hydrogen-bond acceptors (Lipinski definition) is 5. The highest BCUT2D eigenvalue weighted by atomic mass is 16.5. The van der Waals surface area contributed by atoms with Crippen LogP contribution in [0.3, 0.4) is 0 Å². The van der Waals surface area contributed by atoms with Gasteiger partial charge in [-0.2, -0.15) is 0 Å². The van der Waals surface area contributed by atoms with Gasteiger partial charge < -0.3 is 9.30 Å². The van der Waals surface area contributed by atoms with Gasteiger partial charge in [-0.1, -0.05) is 50.1 Å². The molecule has 3 rings (SSSR count). The van der Waals surface area contributed by atoms with Crippen molar-refractivity contribution in [2.45, 2.75) is 79.0 Å². The van der Waals surface area contributed by atoms with E-state index in [2.05, 4.69) is 34.2 Å². The lowest BCUT2D eigenvalue weighted by Gasteiger charge is -2.08.